The number of para-hydroxylation sites is 1. The highest BCUT2D eigenvalue weighted by Crippen LogP contribution is 2.43. The molecule has 3 aromatic carbocycles. The molecule has 3 aliphatic rings. The molecule has 0 bridgehead atoms. The summed E-state index contributed by atoms with van der Waals surface area (Å²) in [6.45, 7) is 4.76. The lowest BCUT2D eigenvalue weighted by atomic mass is 9.90. The number of ether oxygens (including phenoxy) is 1. The molecule has 1 N–H and O–H groups in total. The number of imide groups is 1. The van der Waals surface area contributed by atoms with Gasteiger partial charge in [0.15, 0.2) is 0 Å². The van der Waals surface area contributed by atoms with Crippen molar-refractivity contribution in [1.82, 2.24) is 15.3 Å². The fourth-order valence-electron chi connectivity index (χ4n) is 5.90. The summed E-state index contributed by atoms with van der Waals surface area (Å²) in [5, 5.41) is 4.65. The topological polar surface area (TPSA) is 99.3 Å². The summed E-state index contributed by atoms with van der Waals surface area (Å²) in [5.74, 6) is -3.29. The van der Waals surface area contributed by atoms with Crippen LogP contribution >= 0.6 is 0 Å². The zero-order valence-electron chi connectivity index (χ0n) is 25.8. The maximum atomic E-state index is 15.5. The number of carbonyl (C=O) groups is 4. The number of benzene rings is 3. The van der Waals surface area contributed by atoms with Crippen molar-refractivity contribution in [2.45, 2.75) is 58.2 Å². The summed E-state index contributed by atoms with van der Waals surface area (Å²) in [5.41, 5.74) is 0.0962. The second-order valence-corrected chi connectivity index (χ2v) is 12.6. The summed E-state index contributed by atoms with van der Waals surface area (Å²) in [4.78, 5) is 57.1. The number of amides is 4. The molecule has 1 saturated heterocycles. The van der Waals surface area contributed by atoms with Crippen LogP contribution in [0.2, 0.25) is 0 Å². The lowest BCUT2D eigenvalue weighted by molar-refractivity contribution is -0.152. The minimum atomic E-state index is -0.939. The van der Waals surface area contributed by atoms with E-state index < -0.39 is 47.1 Å². The molecule has 0 unspecified atom stereocenters. The predicted octanol–water partition coefficient (Wildman–Crippen LogP) is 5.87. The van der Waals surface area contributed by atoms with Crippen molar-refractivity contribution in [2.75, 3.05) is 11.4 Å². The van der Waals surface area contributed by atoms with Crippen LogP contribution in [0.3, 0.4) is 0 Å². The third kappa shape index (κ3) is 6.09. The smallest absolute Gasteiger partial charge is 0.429 e. The Hall–Kier alpha value is -5.06. The third-order valence-electron chi connectivity index (χ3n) is 8.11. The van der Waals surface area contributed by atoms with Crippen molar-refractivity contribution in [2.24, 2.45) is 5.92 Å². The number of rotatable bonds is 6. The molecule has 0 aromatic heterocycles. The van der Waals surface area contributed by atoms with Gasteiger partial charge in [-0.15, -0.1) is 0 Å². The number of hydrogen-bond donors (Lipinski definition) is 1. The van der Waals surface area contributed by atoms with Crippen LogP contribution in [0.1, 0.15) is 62.8 Å². The first-order valence-corrected chi connectivity index (χ1v) is 15.2. The highest BCUT2D eigenvalue weighted by molar-refractivity contribution is 6.29. The average molecular weight is 629 g/mol. The van der Waals surface area contributed by atoms with E-state index >= 15 is 4.39 Å². The summed E-state index contributed by atoms with van der Waals surface area (Å²) in [6.07, 6.45) is 0.577. The summed E-state index contributed by atoms with van der Waals surface area (Å²) in [7, 11) is 0. The average Bonchev–Trinajstić information content (AvgIpc) is 3.78. The van der Waals surface area contributed by atoms with E-state index in [2.05, 4.69) is 5.32 Å². The van der Waals surface area contributed by atoms with Gasteiger partial charge in [-0.1, -0.05) is 42.5 Å². The Morgan fingerprint density at radius 1 is 0.957 bits per heavy atom. The second kappa shape index (κ2) is 12.0. The number of hydrazine groups is 1. The first kappa shape index (κ1) is 30.9. The maximum absolute atomic E-state index is 15.5. The highest BCUT2D eigenvalue weighted by Gasteiger charge is 2.46. The molecule has 4 amide bonds. The zero-order valence-corrected chi connectivity index (χ0v) is 25.8. The van der Waals surface area contributed by atoms with Crippen LogP contribution in [0.5, 0.6) is 0 Å². The van der Waals surface area contributed by atoms with Gasteiger partial charge in [0.05, 0.1) is 24.7 Å². The number of hydrogen-bond acceptors (Lipinski definition) is 6. The number of fused-ring (bicyclic) bond motifs is 1. The van der Waals surface area contributed by atoms with E-state index in [4.69, 9.17) is 4.74 Å². The van der Waals surface area contributed by atoms with Crippen LogP contribution in [-0.4, -0.2) is 46.0 Å². The van der Waals surface area contributed by atoms with Crippen LogP contribution in [0.4, 0.5) is 19.3 Å². The van der Waals surface area contributed by atoms with Crippen LogP contribution in [0.15, 0.2) is 78.5 Å². The molecular weight excluding hydrogens is 594 g/mol. The Balaban J connectivity index is 1.52. The Labute approximate surface area is 265 Å². The number of nitrogens with one attached hydrogen (secondary N) is 1. The molecule has 6 rings (SSSR count). The Bertz CT molecular complexity index is 1750. The molecule has 3 aromatic rings. The van der Waals surface area contributed by atoms with Crippen molar-refractivity contribution in [3.63, 3.8) is 0 Å². The maximum Gasteiger partial charge on any atom is 0.429 e. The van der Waals surface area contributed by atoms with Gasteiger partial charge in [0.25, 0.3) is 17.7 Å². The fraction of sp³-hybridized carbons (Fsp3) is 0.314. The van der Waals surface area contributed by atoms with Gasteiger partial charge in [-0.3, -0.25) is 14.4 Å². The molecule has 1 saturated carbocycles. The molecular formula is C35H34F2N4O5. The quantitative estimate of drug-likeness (QED) is 0.343. The summed E-state index contributed by atoms with van der Waals surface area (Å²) < 4.78 is 35.2. The normalized spacial score (nSPS) is 17.2. The largest absolute Gasteiger partial charge is 0.442 e. The van der Waals surface area contributed by atoms with Gasteiger partial charge in [-0.25, -0.2) is 18.6 Å². The van der Waals surface area contributed by atoms with Crippen LogP contribution < -0.4 is 10.2 Å². The van der Waals surface area contributed by atoms with Crippen molar-refractivity contribution < 1.29 is 32.7 Å². The predicted molar refractivity (Wildman–Crippen MR) is 165 cm³/mol. The molecule has 0 spiro atoms. The van der Waals surface area contributed by atoms with E-state index in [1.165, 1.54) is 29.2 Å². The zero-order chi connectivity index (χ0) is 32.7. The SMILES string of the molecule is CC(C)(C)OC(=O)N1CCC(=O)N1C(=O)C1=C(C(=O)N[C@H](c2cccc(F)c2)C2CC2)c2cccc(F)c2CN1c1ccccc1. The van der Waals surface area contributed by atoms with E-state index in [-0.39, 0.29) is 47.8 Å². The van der Waals surface area contributed by atoms with Crippen LogP contribution in [0, 0.1) is 17.6 Å². The van der Waals surface area contributed by atoms with Gasteiger partial charge in [-0.2, -0.15) is 5.01 Å². The van der Waals surface area contributed by atoms with Gasteiger partial charge in [-0.05, 0) is 81.0 Å². The molecule has 11 heteroatoms. The van der Waals surface area contributed by atoms with Gasteiger partial charge in [0.2, 0.25) is 0 Å². The summed E-state index contributed by atoms with van der Waals surface area (Å²) >= 11 is 0. The standard InChI is InChI=1S/C35H34F2N4O5/c1-35(2,3)46-34(45)40-18-17-28(42)41(40)33(44)31-29(32(43)38-30(21-15-16-21)22-9-7-10-23(36)19-22)25-13-8-14-27(37)26(25)20-39(31)24-11-5-4-6-12-24/h4-14,19,21,30H,15-18,20H2,1-3H3,(H,38,43)/t30-/m0/s1. The van der Waals surface area contributed by atoms with Gasteiger partial charge in [0, 0.05) is 17.7 Å². The molecule has 9 nitrogen and oxygen atoms in total. The molecule has 1 aliphatic carbocycles. The monoisotopic (exact) mass is 628 g/mol. The molecule has 0 radical (unpaired) electrons. The van der Waals surface area contributed by atoms with Crippen molar-refractivity contribution in [3.05, 3.63) is 107 Å². The number of halogens is 2. The second-order valence-electron chi connectivity index (χ2n) is 12.6. The van der Waals surface area contributed by atoms with Crippen molar-refractivity contribution in [1.29, 1.82) is 0 Å². The molecule has 46 heavy (non-hydrogen) atoms. The first-order valence-electron chi connectivity index (χ1n) is 15.2. The first-order chi connectivity index (χ1) is 21.9. The van der Waals surface area contributed by atoms with Crippen molar-refractivity contribution >= 4 is 35.1 Å². The lowest BCUT2D eigenvalue weighted by Gasteiger charge is -2.37. The van der Waals surface area contributed by atoms with Crippen LogP contribution in [-0.2, 0) is 25.7 Å². The van der Waals surface area contributed by atoms with E-state index in [1.807, 2.05) is 0 Å². The third-order valence-corrected chi connectivity index (χ3v) is 8.11. The Morgan fingerprint density at radius 3 is 2.35 bits per heavy atom. The van der Waals surface area contributed by atoms with E-state index in [0.717, 1.165) is 17.9 Å². The van der Waals surface area contributed by atoms with Crippen LogP contribution in [0.25, 0.3) is 5.57 Å². The van der Waals surface area contributed by atoms with Gasteiger partial charge >= 0.3 is 6.09 Å². The van der Waals surface area contributed by atoms with Gasteiger partial charge < -0.3 is 15.0 Å². The van der Waals surface area contributed by atoms with E-state index in [1.54, 1.807) is 69.3 Å². The Kier molecular flexibility index (Phi) is 8.10. The number of nitrogens with zero attached hydrogens (tertiary/aromatic N) is 3. The minimum Gasteiger partial charge on any atom is -0.442 e. The highest BCUT2D eigenvalue weighted by atomic mass is 19.1. The molecule has 1 atom stereocenters. The van der Waals surface area contributed by atoms with Gasteiger partial charge in [0.1, 0.15) is 22.9 Å². The summed E-state index contributed by atoms with van der Waals surface area (Å²) in [6, 6.07) is 18.3. The number of anilines is 1. The number of carbonyl (C=O) groups excluding carboxylic acids is 4. The molecule has 238 valence electrons. The van der Waals surface area contributed by atoms with E-state index in [0.29, 0.717) is 16.3 Å². The fourth-order valence-corrected chi connectivity index (χ4v) is 5.90. The van der Waals surface area contributed by atoms with E-state index in [9.17, 15) is 23.6 Å². The lowest BCUT2D eigenvalue weighted by Crippen LogP contribution is -2.52. The minimum absolute atomic E-state index is 0.0362. The van der Waals surface area contributed by atoms with Crippen molar-refractivity contribution in [3.8, 4) is 0 Å². The molecule has 2 aliphatic heterocycles. The molecule has 2 heterocycles. The Morgan fingerprint density at radius 2 is 1.67 bits per heavy atom. The molecule has 2 fully saturated rings.